The second-order valence-electron chi connectivity index (χ2n) is 7.49. The molecule has 3 aromatic rings. The highest BCUT2D eigenvalue weighted by atomic mass is 16.2. The average molecular weight is 415 g/mol. The van der Waals surface area contributed by atoms with Crippen molar-refractivity contribution < 1.29 is 14.4 Å². The van der Waals surface area contributed by atoms with Gasteiger partial charge in [-0.25, -0.2) is 0 Å². The summed E-state index contributed by atoms with van der Waals surface area (Å²) < 4.78 is 0. The zero-order valence-electron chi connectivity index (χ0n) is 17.4. The monoisotopic (exact) mass is 415 g/mol. The van der Waals surface area contributed by atoms with E-state index in [-0.39, 0.29) is 18.2 Å². The summed E-state index contributed by atoms with van der Waals surface area (Å²) >= 11 is 0. The minimum atomic E-state index is -0.393. The lowest BCUT2D eigenvalue weighted by atomic mass is 9.98. The summed E-state index contributed by atoms with van der Waals surface area (Å²) in [6, 6.07) is 10.7. The maximum absolute atomic E-state index is 12.7. The third-order valence-corrected chi connectivity index (χ3v) is 5.13. The van der Waals surface area contributed by atoms with E-state index in [1.807, 2.05) is 31.1 Å². The van der Waals surface area contributed by atoms with Gasteiger partial charge in [-0.2, -0.15) is 0 Å². The van der Waals surface area contributed by atoms with Gasteiger partial charge >= 0.3 is 0 Å². The third-order valence-electron chi connectivity index (χ3n) is 5.13. The number of carbonyl (C=O) groups excluding carboxylic acids is 3. The number of carbonyl (C=O) groups is 3. The van der Waals surface area contributed by atoms with Gasteiger partial charge in [0.05, 0.1) is 35.1 Å². The first-order valence-corrected chi connectivity index (χ1v) is 9.68. The van der Waals surface area contributed by atoms with Crippen molar-refractivity contribution >= 4 is 29.1 Å². The van der Waals surface area contributed by atoms with Gasteiger partial charge in [0.15, 0.2) is 0 Å². The fourth-order valence-corrected chi connectivity index (χ4v) is 3.48. The van der Waals surface area contributed by atoms with E-state index < -0.39 is 5.91 Å². The molecule has 0 aliphatic carbocycles. The van der Waals surface area contributed by atoms with Gasteiger partial charge in [0.2, 0.25) is 5.91 Å². The predicted octanol–water partition coefficient (Wildman–Crippen LogP) is 2.62. The Morgan fingerprint density at radius 2 is 1.90 bits per heavy atom. The molecule has 0 saturated heterocycles. The molecule has 0 atom stereocenters. The zero-order valence-corrected chi connectivity index (χ0v) is 17.4. The normalized spacial score (nSPS) is 12.7. The molecule has 3 amide bonds. The Bertz CT molecular complexity index is 1170. The first-order chi connectivity index (χ1) is 14.8. The van der Waals surface area contributed by atoms with E-state index >= 15 is 0 Å². The number of anilines is 2. The van der Waals surface area contributed by atoms with Gasteiger partial charge in [-0.05, 0) is 42.0 Å². The van der Waals surface area contributed by atoms with Crippen LogP contribution in [-0.4, -0.2) is 53.7 Å². The van der Waals surface area contributed by atoms with Crippen molar-refractivity contribution in [2.24, 2.45) is 0 Å². The molecule has 1 N–H and O–H groups in total. The van der Waals surface area contributed by atoms with Gasteiger partial charge in [-0.15, -0.1) is 0 Å². The van der Waals surface area contributed by atoms with Crippen molar-refractivity contribution in [2.75, 3.05) is 31.4 Å². The van der Waals surface area contributed by atoms with Gasteiger partial charge in [0.1, 0.15) is 0 Å². The first kappa shape index (κ1) is 20.2. The van der Waals surface area contributed by atoms with E-state index in [2.05, 4.69) is 15.3 Å². The fraction of sp³-hybridized carbons (Fsp3) is 0.174. The first-order valence-electron chi connectivity index (χ1n) is 9.68. The number of hydrogen-bond donors (Lipinski definition) is 1. The zero-order chi connectivity index (χ0) is 22.1. The van der Waals surface area contributed by atoms with Crippen LogP contribution in [0.5, 0.6) is 0 Å². The molecule has 1 aromatic carbocycles. The van der Waals surface area contributed by atoms with Crippen LogP contribution < -0.4 is 10.2 Å². The van der Waals surface area contributed by atoms with Crippen LogP contribution in [0.1, 0.15) is 26.3 Å². The highest BCUT2D eigenvalue weighted by Gasteiger charge is 2.36. The number of aromatic nitrogens is 2. The van der Waals surface area contributed by atoms with Crippen molar-refractivity contribution in [1.82, 2.24) is 14.9 Å². The number of fused-ring (bicyclic) bond motifs is 1. The highest BCUT2D eigenvalue weighted by Crippen LogP contribution is 2.30. The minimum Gasteiger partial charge on any atom is -0.378 e. The van der Waals surface area contributed by atoms with Crippen LogP contribution in [0.4, 0.5) is 11.4 Å². The predicted molar refractivity (Wildman–Crippen MR) is 117 cm³/mol. The van der Waals surface area contributed by atoms with E-state index in [0.717, 1.165) is 21.8 Å². The Labute approximate surface area is 179 Å². The smallest absolute Gasteiger partial charge is 0.261 e. The summed E-state index contributed by atoms with van der Waals surface area (Å²) in [5, 5.41) is 2.81. The number of benzene rings is 1. The summed E-state index contributed by atoms with van der Waals surface area (Å²) in [5.41, 5.74) is 4.04. The van der Waals surface area contributed by atoms with Crippen LogP contribution in [0.15, 0.2) is 55.0 Å². The second kappa shape index (κ2) is 7.98. The van der Waals surface area contributed by atoms with Crippen molar-refractivity contribution in [2.45, 2.75) is 6.42 Å². The molecule has 4 rings (SSSR count). The van der Waals surface area contributed by atoms with Crippen LogP contribution in [0.3, 0.4) is 0 Å². The number of nitrogens with zero attached hydrogens (tertiary/aromatic N) is 4. The molecule has 8 nitrogen and oxygen atoms in total. The minimum absolute atomic E-state index is 0.0404. The van der Waals surface area contributed by atoms with Gasteiger partial charge in [-0.1, -0.05) is 0 Å². The second-order valence-corrected chi connectivity index (χ2v) is 7.49. The molecule has 0 unspecified atom stereocenters. The van der Waals surface area contributed by atoms with Crippen molar-refractivity contribution in [3.8, 4) is 11.3 Å². The van der Waals surface area contributed by atoms with Crippen LogP contribution in [0.25, 0.3) is 11.3 Å². The van der Waals surface area contributed by atoms with Gasteiger partial charge in [0, 0.05) is 44.8 Å². The Morgan fingerprint density at radius 1 is 1.10 bits per heavy atom. The third kappa shape index (κ3) is 3.87. The number of imide groups is 1. The number of hydrogen-bond acceptors (Lipinski definition) is 6. The molecule has 156 valence electrons. The largest absolute Gasteiger partial charge is 0.378 e. The van der Waals surface area contributed by atoms with E-state index in [9.17, 15) is 14.4 Å². The highest BCUT2D eigenvalue weighted by molar-refractivity contribution is 6.22. The van der Waals surface area contributed by atoms with E-state index in [4.69, 9.17) is 0 Å². The molecule has 0 radical (unpaired) electrons. The Balaban J connectivity index is 1.56. The molecule has 8 heteroatoms. The molecule has 0 spiro atoms. The van der Waals surface area contributed by atoms with Gasteiger partial charge in [-0.3, -0.25) is 29.3 Å². The Morgan fingerprint density at radius 3 is 2.55 bits per heavy atom. The number of rotatable bonds is 5. The van der Waals surface area contributed by atoms with Crippen LogP contribution in [0.2, 0.25) is 0 Å². The topological polar surface area (TPSA) is 95.5 Å². The van der Waals surface area contributed by atoms with Crippen LogP contribution in [-0.2, 0) is 11.2 Å². The Hall–Kier alpha value is -4.07. The SMILES string of the molecule is CN1C(=O)c2cc(N(C)C)cc(CC(=O)Nc3ccc(-c4cccnc4)nc3)c2C1=O. The van der Waals surface area contributed by atoms with Crippen LogP contribution in [0, 0.1) is 0 Å². The quantitative estimate of drug-likeness (QED) is 0.644. The van der Waals surface area contributed by atoms with Gasteiger partial charge in [0.25, 0.3) is 11.8 Å². The fourth-order valence-electron chi connectivity index (χ4n) is 3.48. The van der Waals surface area contributed by atoms with Crippen LogP contribution >= 0.6 is 0 Å². The lowest BCUT2D eigenvalue weighted by Gasteiger charge is -2.16. The van der Waals surface area contributed by atoms with Crippen molar-refractivity contribution in [1.29, 1.82) is 0 Å². The summed E-state index contributed by atoms with van der Waals surface area (Å²) in [5.74, 6) is -1.06. The lowest BCUT2D eigenvalue weighted by molar-refractivity contribution is -0.115. The van der Waals surface area contributed by atoms with E-state index in [1.165, 1.54) is 7.05 Å². The van der Waals surface area contributed by atoms with Crippen molar-refractivity contribution in [3.05, 3.63) is 71.7 Å². The molecule has 0 saturated carbocycles. The summed E-state index contributed by atoms with van der Waals surface area (Å²) in [4.78, 5) is 49.1. The maximum Gasteiger partial charge on any atom is 0.261 e. The number of nitrogens with one attached hydrogen (secondary N) is 1. The average Bonchev–Trinajstić information content (AvgIpc) is 2.99. The number of amides is 3. The van der Waals surface area contributed by atoms with Gasteiger partial charge < -0.3 is 10.2 Å². The number of pyridine rings is 2. The molecular weight excluding hydrogens is 394 g/mol. The molecule has 1 aliphatic rings. The Kier molecular flexibility index (Phi) is 5.21. The molecule has 2 aromatic heterocycles. The lowest BCUT2D eigenvalue weighted by Crippen LogP contribution is -2.24. The molecule has 31 heavy (non-hydrogen) atoms. The summed E-state index contributed by atoms with van der Waals surface area (Å²) in [6.07, 6.45) is 4.94. The molecular formula is C23H21N5O3. The van der Waals surface area contributed by atoms with E-state index in [0.29, 0.717) is 22.4 Å². The standard InChI is InChI=1S/C23H21N5O3/c1-27(2)17-9-15(21-18(11-17)22(30)28(3)23(21)31)10-20(29)26-16-6-7-19(25-13-16)14-5-4-8-24-12-14/h4-9,11-13H,10H2,1-3H3,(H,26,29). The molecule has 3 heterocycles. The maximum atomic E-state index is 12.7. The van der Waals surface area contributed by atoms with E-state index in [1.54, 1.807) is 42.9 Å². The summed E-state index contributed by atoms with van der Waals surface area (Å²) in [6.45, 7) is 0. The summed E-state index contributed by atoms with van der Waals surface area (Å²) in [7, 11) is 5.12. The van der Waals surface area contributed by atoms with Crippen molar-refractivity contribution in [3.63, 3.8) is 0 Å². The molecule has 0 fully saturated rings. The molecule has 1 aliphatic heterocycles. The molecule has 0 bridgehead atoms.